The maximum Gasteiger partial charge on any atom is 0.414 e. The second-order valence-corrected chi connectivity index (χ2v) is 2.36. The first-order valence-electron chi connectivity index (χ1n) is 3.25. The van der Waals surface area contributed by atoms with Crippen LogP contribution in [0.3, 0.4) is 0 Å². The molecule has 0 bridgehead atoms. The van der Waals surface area contributed by atoms with Gasteiger partial charge in [-0.2, -0.15) is 13.2 Å². The number of hydrogen-bond acceptors (Lipinski definition) is 1. The molecule has 0 radical (unpaired) electrons. The van der Waals surface area contributed by atoms with Gasteiger partial charge in [-0.15, -0.1) is 0 Å². The molecule has 74 valence electrons. The van der Waals surface area contributed by atoms with E-state index >= 15 is 0 Å². The largest absolute Gasteiger partial charge is 0.414 e. The van der Waals surface area contributed by atoms with Gasteiger partial charge in [-0.1, -0.05) is 0 Å². The quantitative estimate of drug-likeness (QED) is 0.624. The second kappa shape index (κ2) is 4.02. The van der Waals surface area contributed by atoms with E-state index in [-0.39, 0.29) is 0 Å². The summed E-state index contributed by atoms with van der Waals surface area (Å²) in [5.74, 6) is 0. The minimum absolute atomic E-state index is 0.693. The topological polar surface area (TPSA) is 9.23 Å². The van der Waals surface area contributed by atoms with E-state index in [1.807, 2.05) is 0 Å². The van der Waals surface area contributed by atoms with Gasteiger partial charge in [0.15, 0.2) is 6.10 Å². The van der Waals surface area contributed by atoms with Crippen LogP contribution >= 0.6 is 0 Å². The van der Waals surface area contributed by atoms with E-state index in [4.69, 9.17) is 0 Å². The molecule has 0 aromatic rings. The summed E-state index contributed by atoms with van der Waals surface area (Å²) in [6, 6.07) is 0. The molecule has 1 nitrogen and oxygen atoms in total. The zero-order valence-corrected chi connectivity index (χ0v) is 6.53. The first-order valence-corrected chi connectivity index (χ1v) is 3.25. The third-order valence-corrected chi connectivity index (χ3v) is 1.23. The van der Waals surface area contributed by atoms with Crippen molar-refractivity contribution >= 4 is 0 Å². The lowest BCUT2D eigenvalue weighted by Crippen LogP contribution is -2.34. The van der Waals surface area contributed by atoms with Crippen LogP contribution in [0.5, 0.6) is 0 Å². The lowest BCUT2D eigenvalue weighted by atomic mass is 10.3. The summed E-state index contributed by atoms with van der Waals surface area (Å²) in [6.45, 7) is 1.59. The summed E-state index contributed by atoms with van der Waals surface area (Å²) < 4.78 is 62.5. The molecule has 0 saturated heterocycles. The highest BCUT2D eigenvalue weighted by atomic mass is 19.4. The van der Waals surface area contributed by atoms with Crippen LogP contribution in [-0.4, -0.2) is 24.8 Å². The SMILES string of the molecule is CC(OC(C)C(F)(F)F)C(F)F. The van der Waals surface area contributed by atoms with Crippen LogP contribution in [0, 0.1) is 0 Å². The Labute approximate surface area is 66.5 Å². The molecule has 0 saturated carbocycles. The summed E-state index contributed by atoms with van der Waals surface area (Å²) in [7, 11) is 0. The lowest BCUT2D eigenvalue weighted by Gasteiger charge is -2.20. The highest BCUT2D eigenvalue weighted by Crippen LogP contribution is 2.24. The fraction of sp³-hybridized carbons (Fsp3) is 1.00. The monoisotopic (exact) mass is 192 g/mol. The molecular weight excluding hydrogens is 183 g/mol. The van der Waals surface area contributed by atoms with E-state index in [0.29, 0.717) is 6.92 Å². The molecule has 0 heterocycles. The van der Waals surface area contributed by atoms with E-state index in [9.17, 15) is 22.0 Å². The predicted octanol–water partition coefficient (Wildman–Crippen LogP) is 2.61. The van der Waals surface area contributed by atoms with Crippen molar-refractivity contribution in [1.29, 1.82) is 0 Å². The number of alkyl halides is 5. The van der Waals surface area contributed by atoms with Crippen LogP contribution < -0.4 is 0 Å². The van der Waals surface area contributed by atoms with Gasteiger partial charge in [-0.05, 0) is 13.8 Å². The normalized spacial score (nSPS) is 18.0. The number of halogens is 5. The predicted molar refractivity (Wildman–Crippen MR) is 32.1 cm³/mol. The van der Waals surface area contributed by atoms with Crippen molar-refractivity contribution in [3.05, 3.63) is 0 Å². The molecule has 2 unspecified atom stereocenters. The fourth-order valence-electron chi connectivity index (χ4n) is 0.459. The zero-order chi connectivity index (χ0) is 9.94. The van der Waals surface area contributed by atoms with Crippen molar-refractivity contribution in [2.75, 3.05) is 0 Å². The standard InChI is InChI=1S/C6H9F5O/c1-3(5(7)8)12-4(2)6(9,10)11/h3-5H,1-2H3. The average molecular weight is 192 g/mol. The van der Waals surface area contributed by atoms with Crippen molar-refractivity contribution in [2.24, 2.45) is 0 Å². The maximum atomic E-state index is 11.7. The summed E-state index contributed by atoms with van der Waals surface area (Å²) in [5.41, 5.74) is 0. The van der Waals surface area contributed by atoms with Crippen molar-refractivity contribution in [3.8, 4) is 0 Å². The van der Waals surface area contributed by atoms with Gasteiger partial charge in [0.05, 0.1) is 0 Å². The van der Waals surface area contributed by atoms with Crippen LogP contribution in [0.25, 0.3) is 0 Å². The first kappa shape index (κ1) is 11.6. The van der Waals surface area contributed by atoms with Crippen LogP contribution in [0.1, 0.15) is 13.8 Å². The van der Waals surface area contributed by atoms with Gasteiger partial charge in [0.1, 0.15) is 6.10 Å². The Kier molecular flexibility index (Phi) is 3.89. The van der Waals surface area contributed by atoms with Crippen LogP contribution in [-0.2, 0) is 4.74 Å². The summed E-state index contributed by atoms with van der Waals surface area (Å²) in [6.07, 6.45) is -11.3. The Morgan fingerprint density at radius 3 is 1.75 bits per heavy atom. The number of hydrogen-bond donors (Lipinski definition) is 0. The minimum Gasteiger partial charge on any atom is -0.360 e. The van der Waals surface area contributed by atoms with E-state index in [1.54, 1.807) is 0 Å². The van der Waals surface area contributed by atoms with E-state index in [0.717, 1.165) is 6.92 Å². The molecule has 2 atom stereocenters. The molecule has 0 aliphatic carbocycles. The molecule has 0 aliphatic heterocycles. The van der Waals surface area contributed by atoms with Crippen LogP contribution in [0.4, 0.5) is 22.0 Å². The van der Waals surface area contributed by atoms with E-state index in [2.05, 4.69) is 4.74 Å². The summed E-state index contributed by atoms with van der Waals surface area (Å²) in [4.78, 5) is 0. The van der Waals surface area contributed by atoms with Gasteiger partial charge in [0.2, 0.25) is 0 Å². The molecule has 12 heavy (non-hydrogen) atoms. The molecule has 0 N–H and O–H groups in total. The highest BCUT2D eigenvalue weighted by molar-refractivity contribution is 4.64. The van der Waals surface area contributed by atoms with Crippen LogP contribution in [0.15, 0.2) is 0 Å². The van der Waals surface area contributed by atoms with Crippen molar-refractivity contribution in [2.45, 2.75) is 38.7 Å². The molecule has 0 fully saturated rings. The first-order chi connectivity index (χ1) is 5.25. The molecule has 0 aromatic heterocycles. The molecule has 0 amide bonds. The van der Waals surface area contributed by atoms with Crippen molar-refractivity contribution in [1.82, 2.24) is 0 Å². The molecule has 6 heteroatoms. The van der Waals surface area contributed by atoms with Gasteiger partial charge in [0, 0.05) is 0 Å². The fourth-order valence-corrected chi connectivity index (χ4v) is 0.459. The maximum absolute atomic E-state index is 11.7. The number of ether oxygens (including phenoxy) is 1. The molecule has 0 aliphatic rings. The Bertz CT molecular complexity index is 132. The zero-order valence-electron chi connectivity index (χ0n) is 6.53. The van der Waals surface area contributed by atoms with Crippen LogP contribution in [0.2, 0.25) is 0 Å². The van der Waals surface area contributed by atoms with E-state index in [1.165, 1.54) is 0 Å². The van der Waals surface area contributed by atoms with Gasteiger partial charge >= 0.3 is 6.18 Å². The lowest BCUT2D eigenvalue weighted by molar-refractivity contribution is -0.235. The second-order valence-electron chi connectivity index (χ2n) is 2.36. The van der Waals surface area contributed by atoms with Gasteiger partial charge < -0.3 is 4.74 Å². The Morgan fingerprint density at radius 1 is 1.08 bits per heavy atom. The molecular formula is C6H9F5O. The molecule has 0 rings (SSSR count). The van der Waals surface area contributed by atoms with Gasteiger partial charge in [-0.3, -0.25) is 0 Å². The number of rotatable bonds is 3. The Hall–Kier alpha value is -0.390. The smallest absolute Gasteiger partial charge is 0.360 e. The summed E-state index contributed by atoms with van der Waals surface area (Å²) >= 11 is 0. The minimum atomic E-state index is -4.58. The van der Waals surface area contributed by atoms with Crippen molar-refractivity contribution in [3.63, 3.8) is 0 Å². The average Bonchev–Trinajstić information content (AvgIpc) is 1.85. The Morgan fingerprint density at radius 2 is 1.50 bits per heavy atom. The van der Waals surface area contributed by atoms with Gasteiger partial charge in [0.25, 0.3) is 6.43 Å². The third kappa shape index (κ3) is 3.85. The summed E-state index contributed by atoms with van der Waals surface area (Å²) in [5, 5.41) is 0. The molecule has 0 aromatic carbocycles. The highest BCUT2D eigenvalue weighted by Gasteiger charge is 2.39. The Balaban J connectivity index is 3.93. The third-order valence-electron chi connectivity index (χ3n) is 1.23. The van der Waals surface area contributed by atoms with Gasteiger partial charge in [-0.25, -0.2) is 8.78 Å². The van der Waals surface area contributed by atoms with E-state index < -0.39 is 24.8 Å². The van der Waals surface area contributed by atoms with Crippen molar-refractivity contribution < 1.29 is 26.7 Å². The molecule has 0 spiro atoms.